The predicted molar refractivity (Wildman–Crippen MR) is 130 cm³/mol. The first-order valence-corrected chi connectivity index (χ1v) is 13.3. The molecule has 0 saturated heterocycles. The van der Waals surface area contributed by atoms with E-state index in [1.165, 1.54) is 142 Å². The molecule has 0 aromatic rings. The SMILES string of the molecule is CCCCCCC/C=C/N(CCCCCCCCC)CCCCCCCCC. The van der Waals surface area contributed by atoms with Crippen LogP contribution in [0.15, 0.2) is 12.3 Å². The number of unbranched alkanes of at least 4 members (excludes halogenated alkanes) is 17. The van der Waals surface area contributed by atoms with Gasteiger partial charge in [0, 0.05) is 13.1 Å². The molecule has 0 aliphatic carbocycles. The topological polar surface area (TPSA) is 3.24 Å². The van der Waals surface area contributed by atoms with Crippen LogP contribution in [0.4, 0.5) is 0 Å². The summed E-state index contributed by atoms with van der Waals surface area (Å²) < 4.78 is 0. The fraction of sp³-hybridized carbons (Fsp3) is 0.926. The molecular weight excluding hydrogens is 338 g/mol. The van der Waals surface area contributed by atoms with E-state index in [1.807, 2.05) is 0 Å². The normalized spacial score (nSPS) is 11.5. The van der Waals surface area contributed by atoms with Crippen LogP contribution in [-0.2, 0) is 0 Å². The van der Waals surface area contributed by atoms with Gasteiger partial charge in [-0.05, 0) is 31.9 Å². The zero-order valence-corrected chi connectivity index (χ0v) is 20.2. The van der Waals surface area contributed by atoms with Crippen LogP contribution in [-0.4, -0.2) is 18.0 Å². The lowest BCUT2D eigenvalue weighted by atomic mass is 10.1. The Bertz CT molecular complexity index is 279. The van der Waals surface area contributed by atoms with Crippen LogP contribution < -0.4 is 0 Å². The second kappa shape index (κ2) is 24.6. The van der Waals surface area contributed by atoms with E-state index in [2.05, 4.69) is 37.9 Å². The van der Waals surface area contributed by atoms with E-state index in [0.29, 0.717) is 0 Å². The molecule has 0 aliphatic rings. The molecule has 0 spiro atoms. The summed E-state index contributed by atoms with van der Waals surface area (Å²) in [7, 11) is 0. The number of nitrogens with zero attached hydrogens (tertiary/aromatic N) is 1. The highest BCUT2D eigenvalue weighted by molar-refractivity contribution is 4.82. The van der Waals surface area contributed by atoms with Crippen molar-refractivity contribution in [2.45, 2.75) is 149 Å². The standard InChI is InChI=1S/C27H55N/c1-4-7-10-13-16-19-22-25-28(26-23-20-17-14-11-8-5-2)27-24-21-18-15-12-9-6-3/h22,25H,4-21,23-24,26-27H2,1-3H3/b25-22+. The summed E-state index contributed by atoms with van der Waals surface area (Å²) in [6.07, 6.45) is 32.9. The molecule has 0 unspecified atom stereocenters. The fourth-order valence-electron chi connectivity index (χ4n) is 3.89. The van der Waals surface area contributed by atoms with Crippen molar-refractivity contribution in [3.8, 4) is 0 Å². The molecule has 0 aliphatic heterocycles. The Morgan fingerprint density at radius 1 is 0.429 bits per heavy atom. The van der Waals surface area contributed by atoms with E-state index in [1.54, 1.807) is 0 Å². The van der Waals surface area contributed by atoms with Crippen LogP contribution in [0.3, 0.4) is 0 Å². The zero-order valence-electron chi connectivity index (χ0n) is 20.2. The first-order chi connectivity index (χ1) is 13.8. The van der Waals surface area contributed by atoms with Gasteiger partial charge in [-0.15, -0.1) is 0 Å². The quantitative estimate of drug-likeness (QED) is 0.156. The zero-order chi connectivity index (χ0) is 20.5. The summed E-state index contributed by atoms with van der Waals surface area (Å²) in [4.78, 5) is 2.63. The molecule has 1 heteroatoms. The third kappa shape index (κ3) is 21.8. The van der Waals surface area contributed by atoms with Gasteiger partial charge in [-0.3, -0.25) is 0 Å². The van der Waals surface area contributed by atoms with Crippen molar-refractivity contribution in [2.75, 3.05) is 13.1 Å². The Kier molecular flexibility index (Phi) is 24.2. The van der Waals surface area contributed by atoms with Crippen molar-refractivity contribution in [3.05, 3.63) is 12.3 Å². The first-order valence-electron chi connectivity index (χ1n) is 13.3. The lowest BCUT2D eigenvalue weighted by molar-refractivity contribution is 0.348. The molecule has 0 heterocycles. The predicted octanol–water partition coefficient (Wildman–Crippen LogP) is 9.66. The van der Waals surface area contributed by atoms with Crippen molar-refractivity contribution in [2.24, 2.45) is 0 Å². The van der Waals surface area contributed by atoms with E-state index in [-0.39, 0.29) is 0 Å². The lowest BCUT2D eigenvalue weighted by Crippen LogP contribution is -2.20. The van der Waals surface area contributed by atoms with Crippen LogP contribution in [0.25, 0.3) is 0 Å². The van der Waals surface area contributed by atoms with Crippen LogP contribution in [0, 0.1) is 0 Å². The third-order valence-corrected chi connectivity index (χ3v) is 5.89. The third-order valence-electron chi connectivity index (χ3n) is 5.89. The number of hydrogen-bond donors (Lipinski definition) is 0. The smallest absolute Gasteiger partial charge is 0.0172 e. The highest BCUT2D eigenvalue weighted by Crippen LogP contribution is 2.11. The number of rotatable bonds is 23. The maximum absolute atomic E-state index is 2.63. The molecule has 0 rings (SSSR count). The van der Waals surface area contributed by atoms with Gasteiger partial charge in [-0.25, -0.2) is 0 Å². The van der Waals surface area contributed by atoms with E-state index in [0.717, 1.165) is 0 Å². The van der Waals surface area contributed by atoms with E-state index < -0.39 is 0 Å². The molecule has 168 valence electrons. The average molecular weight is 394 g/mol. The van der Waals surface area contributed by atoms with Gasteiger partial charge in [-0.1, -0.05) is 130 Å². The van der Waals surface area contributed by atoms with Crippen molar-refractivity contribution in [1.82, 2.24) is 4.90 Å². The van der Waals surface area contributed by atoms with Gasteiger partial charge in [0.1, 0.15) is 0 Å². The molecule has 0 bridgehead atoms. The molecule has 0 N–H and O–H groups in total. The van der Waals surface area contributed by atoms with E-state index in [9.17, 15) is 0 Å². The second-order valence-corrected chi connectivity index (χ2v) is 8.87. The average Bonchev–Trinajstić information content (AvgIpc) is 2.71. The van der Waals surface area contributed by atoms with Gasteiger partial charge in [0.2, 0.25) is 0 Å². The van der Waals surface area contributed by atoms with E-state index in [4.69, 9.17) is 0 Å². The van der Waals surface area contributed by atoms with Gasteiger partial charge in [0.05, 0.1) is 0 Å². The highest BCUT2D eigenvalue weighted by Gasteiger charge is 2.00. The minimum Gasteiger partial charge on any atom is -0.378 e. The Hall–Kier alpha value is -0.460. The maximum Gasteiger partial charge on any atom is 0.0172 e. The van der Waals surface area contributed by atoms with Crippen LogP contribution in [0.1, 0.15) is 149 Å². The highest BCUT2D eigenvalue weighted by atomic mass is 15.1. The van der Waals surface area contributed by atoms with Crippen molar-refractivity contribution in [1.29, 1.82) is 0 Å². The molecule has 0 atom stereocenters. The van der Waals surface area contributed by atoms with Gasteiger partial charge >= 0.3 is 0 Å². The molecule has 0 aromatic heterocycles. The van der Waals surface area contributed by atoms with Crippen LogP contribution in [0.2, 0.25) is 0 Å². The van der Waals surface area contributed by atoms with Gasteiger partial charge in [0.25, 0.3) is 0 Å². The van der Waals surface area contributed by atoms with Gasteiger partial charge < -0.3 is 4.90 Å². The summed E-state index contributed by atoms with van der Waals surface area (Å²) in [5.41, 5.74) is 0. The summed E-state index contributed by atoms with van der Waals surface area (Å²) in [6, 6.07) is 0. The molecule has 0 aromatic carbocycles. The molecule has 0 amide bonds. The summed E-state index contributed by atoms with van der Waals surface area (Å²) >= 11 is 0. The molecule has 0 saturated carbocycles. The summed E-state index contributed by atoms with van der Waals surface area (Å²) in [5, 5.41) is 0. The minimum atomic E-state index is 1.27. The minimum absolute atomic E-state index is 1.27. The molecule has 1 nitrogen and oxygen atoms in total. The Labute approximate surface area is 179 Å². The lowest BCUT2D eigenvalue weighted by Gasteiger charge is -2.20. The van der Waals surface area contributed by atoms with E-state index >= 15 is 0 Å². The summed E-state index contributed by atoms with van der Waals surface area (Å²) in [5.74, 6) is 0. The van der Waals surface area contributed by atoms with Gasteiger partial charge in [-0.2, -0.15) is 0 Å². The van der Waals surface area contributed by atoms with Crippen molar-refractivity contribution < 1.29 is 0 Å². The maximum atomic E-state index is 2.63. The Balaban J connectivity index is 3.91. The monoisotopic (exact) mass is 393 g/mol. The van der Waals surface area contributed by atoms with Crippen molar-refractivity contribution in [3.63, 3.8) is 0 Å². The largest absolute Gasteiger partial charge is 0.378 e. The Morgan fingerprint density at radius 2 is 0.786 bits per heavy atom. The van der Waals surface area contributed by atoms with Crippen LogP contribution >= 0.6 is 0 Å². The van der Waals surface area contributed by atoms with Crippen LogP contribution in [0.5, 0.6) is 0 Å². The Morgan fingerprint density at radius 3 is 1.21 bits per heavy atom. The number of hydrogen-bond acceptors (Lipinski definition) is 1. The molecule has 28 heavy (non-hydrogen) atoms. The summed E-state index contributed by atoms with van der Waals surface area (Å²) in [6.45, 7) is 9.45. The fourth-order valence-corrected chi connectivity index (χ4v) is 3.89. The molecule has 0 fully saturated rings. The molecular formula is C27H55N. The second-order valence-electron chi connectivity index (χ2n) is 8.87. The molecule has 0 radical (unpaired) electrons. The first kappa shape index (κ1) is 27.5. The number of allylic oxidation sites excluding steroid dienone is 1. The van der Waals surface area contributed by atoms with Crippen molar-refractivity contribution >= 4 is 0 Å². The van der Waals surface area contributed by atoms with Gasteiger partial charge in [0.15, 0.2) is 0 Å².